The van der Waals surface area contributed by atoms with Gasteiger partial charge in [0.2, 0.25) is 0 Å². The number of halogens is 1. The third kappa shape index (κ3) is 3.37. The largest absolute Gasteiger partial charge is 0.459 e. The predicted octanol–water partition coefficient (Wildman–Crippen LogP) is 5.49. The summed E-state index contributed by atoms with van der Waals surface area (Å²) in [5.41, 5.74) is 2.22. The smallest absolute Gasteiger partial charge is 0.291 e. The minimum absolute atomic E-state index is 0.156. The molecule has 6 nitrogen and oxygen atoms in total. The second-order valence-electron chi connectivity index (χ2n) is 6.13. The van der Waals surface area contributed by atoms with Gasteiger partial charge in [-0.15, -0.1) is 0 Å². The highest BCUT2D eigenvalue weighted by Crippen LogP contribution is 2.28. The van der Waals surface area contributed by atoms with Crippen LogP contribution in [0.1, 0.15) is 26.7 Å². The van der Waals surface area contributed by atoms with E-state index in [1.807, 2.05) is 31.2 Å². The number of nitrogens with one attached hydrogen (secondary N) is 2. The van der Waals surface area contributed by atoms with Crippen molar-refractivity contribution >= 4 is 45.8 Å². The Bertz CT molecular complexity index is 1180. The van der Waals surface area contributed by atoms with Crippen LogP contribution in [-0.2, 0) is 0 Å². The fourth-order valence-corrected chi connectivity index (χ4v) is 3.03. The molecule has 0 fully saturated rings. The van der Waals surface area contributed by atoms with Crippen LogP contribution in [0.4, 0.5) is 11.4 Å². The van der Waals surface area contributed by atoms with Crippen LogP contribution in [0.2, 0.25) is 5.02 Å². The maximum atomic E-state index is 12.7. The second-order valence-corrected chi connectivity index (χ2v) is 6.54. The van der Waals surface area contributed by atoms with E-state index in [2.05, 4.69) is 10.6 Å². The number of para-hydroxylation sites is 1. The molecule has 0 spiro atoms. The van der Waals surface area contributed by atoms with Crippen molar-refractivity contribution in [2.45, 2.75) is 6.92 Å². The molecule has 0 radical (unpaired) electrons. The molecule has 2 N–H and O–H groups in total. The number of amides is 2. The normalized spacial score (nSPS) is 10.8. The molecule has 7 heteroatoms. The fourth-order valence-electron chi connectivity index (χ4n) is 2.87. The molecular weight excluding hydrogens is 380 g/mol. The summed E-state index contributed by atoms with van der Waals surface area (Å²) in [7, 11) is 0. The highest BCUT2D eigenvalue weighted by molar-refractivity contribution is 6.34. The minimum Gasteiger partial charge on any atom is -0.459 e. The summed E-state index contributed by atoms with van der Waals surface area (Å²) in [4.78, 5) is 24.8. The maximum absolute atomic E-state index is 12.7. The molecule has 0 aliphatic rings. The number of aryl methyl sites for hydroxylation is 1. The summed E-state index contributed by atoms with van der Waals surface area (Å²) in [6.45, 7) is 1.83. The van der Waals surface area contributed by atoms with Crippen molar-refractivity contribution in [1.82, 2.24) is 0 Å². The molecule has 140 valence electrons. The molecule has 4 rings (SSSR count). The zero-order valence-corrected chi connectivity index (χ0v) is 15.5. The van der Waals surface area contributed by atoms with Crippen molar-refractivity contribution in [1.29, 1.82) is 0 Å². The lowest BCUT2D eigenvalue weighted by molar-refractivity contribution is 0.0990. The second kappa shape index (κ2) is 7.25. The van der Waals surface area contributed by atoms with Crippen molar-refractivity contribution in [2.75, 3.05) is 10.6 Å². The molecular formula is C21H15ClN2O4. The quantitative estimate of drug-likeness (QED) is 0.479. The van der Waals surface area contributed by atoms with Crippen molar-refractivity contribution < 1.29 is 18.4 Å². The lowest BCUT2D eigenvalue weighted by Crippen LogP contribution is -2.14. The standard InChI is InChI=1S/C21H15ClN2O4/c1-12-14-5-2-3-6-17(14)28-19(12)21(26)23-13-8-9-15(22)16(11-13)24-20(25)18-7-4-10-27-18/h2-11H,1H3,(H,23,26)(H,24,25). The molecule has 0 atom stereocenters. The number of anilines is 2. The molecule has 0 aliphatic carbocycles. The van der Waals surface area contributed by atoms with Crippen LogP contribution < -0.4 is 10.6 Å². The van der Waals surface area contributed by atoms with Gasteiger partial charge < -0.3 is 19.5 Å². The van der Waals surface area contributed by atoms with Crippen molar-refractivity contribution in [3.63, 3.8) is 0 Å². The minimum atomic E-state index is -0.441. The first kappa shape index (κ1) is 17.9. The highest BCUT2D eigenvalue weighted by Gasteiger charge is 2.18. The summed E-state index contributed by atoms with van der Waals surface area (Å²) in [6, 6.07) is 15.4. The molecule has 0 aliphatic heterocycles. The zero-order chi connectivity index (χ0) is 19.7. The number of furan rings is 2. The van der Waals surface area contributed by atoms with Gasteiger partial charge in [-0.1, -0.05) is 29.8 Å². The summed E-state index contributed by atoms with van der Waals surface area (Å²) in [5, 5.41) is 6.64. The number of benzene rings is 2. The van der Waals surface area contributed by atoms with Crippen molar-refractivity contribution in [3.05, 3.63) is 83.0 Å². The van der Waals surface area contributed by atoms with E-state index in [-0.39, 0.29) is 17.4 Å². The Morgan fingerprint density at radius 2 is 1.79 bits per heavy atom. The Balaban J connectivity index is 1.57. The van der Waals surface area contributed by atoms with Gasteiger partial charge in [-0.05, 0) is 43.3 Å². The van der Waals surface area contributed by atoms with Crippen LogP contribution in [-0.4, -0.2) is 11.8 Å². The summed E-state index contributed by atoms with van der Waals surface area (Å²) < 4.78 is 10.7. The lowest BCUT2D eigenvalue weighted by Gasteiger charge is -2.09. The van der Waals surface area contributed by atoms with Crippen LogP contribution in [0.25, 0.3) is 11.0 Å². The summed E-state index contributed by atoms with van der Waals surface area (Å²) in [5.74, 6) is -0.441. The first-order valence-electron chi connectivity index (χ1n) is 8.47. The highest BCUT2D eigenvalue weighted by atomic mass is 35.5. The van der Waals surface area contributed by atoms with Gasteiger partial charge >= 0.3 is 0 Å². The van der Waals surface area contributed by atoms with Crippen LogP contribution in [0.15, 0.2) is 69.7 Å². The third-order valence-electron chi connectivity index (χ3n) is 4.27. The maximum Gasteiger partial charge on any atom is 0.291 e. The van der Waals surface area contributed by atoms with Crippen LogP contribution in [0.5, 0.6) is 0 Å². The van der Waals surface area contributed by atoms with Crippen LogP contribution in [0.3, 0.4) is 0 Å². The Morgan fingerprint density at radius 1 is 0.964 bits per heavy atom. The molecule has 2 aromatic carbocycles. The van der Waals surface area contributed by atoms with E-state index in [1.54, 1.807) is 30.3 Å². The van der Waals surface area contributed by atoms with Gasteiger partial charge in [-0.3, -0.25) is 9.59 Å². The Kier molecular flexibility index (Phi) is 4.63. The predicted molar refractivity (Wildman–Crippen MR) is 107 cm³/mol. The van der Waals surface area contributed by atoms with E-state index in [1.165, 1.54) is 6.26 Å². The van der Waals surface area contributed by atoms with E-state index in [0.29, 0.717) is 22.0 Å². The number of carbonyl (C=O) groups is 2. The van der Waals surface area contributed by atoms with Gasteiger partial charge in [0.15, 0.2) is 11.5 Å². The molecule has 4 aromatic rings. The van der Waals surface area contributed by atoms with Gasteiger partial charge in [0.05, 0.1) is 17.0 Å². The van der Waals surface area contributed by atoms with Gasteiger partial charge in [0.1, 0.15) is 5.58 Å². The molecule has 28 heavy (non-hydrogen) atoms. The molecule has 0 saturated carbocycles. The van der Waals surface area contributed by atoms with Crippen LogP contribution >= 0.6 is 11.6 Å². The van der Waals surface area contributed by atoms with E-state index in [4.69, 9.17) is 20.4 Å². The Labute approximate surface area is 165 Å². The lowest BCUT2D eigenvalue weighted by atomic mass is 10.1. The van der Waals surface area contributed by atoms with Crippen molar-refractivity contribution in [2.24, 2.45) is 0 Å². The third-order valence-corrected chi connectivity index (χ3v) is 4.60. The summed E-state index contributed by atoms with van der Waals surface area (Å²) in [6.07, 6.45) is 1.41. The molecule has 2 amide bonds. The summed E-state index contributed by atoms with van der Waals surface area (Å²) >= 11 is 6.16. The van der Waals surface area contributed by atoms with E-state index in [9.17, 15) is 9.59 Å². The number of carbonyl (C=O) groups excluding carboxylic acids is 2. The van der Waals surface area contributed by atoms with E-state index >= 15 is 0 Å². The molecule has 0 saturated heterocycles. The monoisotopic (exact) mass is 394 g/mol. The SMILES string of the molecule is Cc1c(C(=O)Nc2ccc(Cl)c(NC(=O)c3ccco3)c2)oc2ccccc12. The first-order chi connectivity index (χ1) is 13.5. The average molecular weight is 395 g/mol. The topological polar surface area (TPSA) is 84.5 Å². The fraction of sp³-hybridized carbons (Fsp3) is 0.0476. The molecule has 0 unspecified atom stereocenters. The van der Waals surface area contributed by atoms with Crippen LogP contribution in [0, 0.1) is 6.92 Å². The average Bonchev–Trinajstić information content (AvgIpc) is 3.33. The number of hydrogen-bond donors (Lipinski definition) is 2. The Hall–Kier alpha value is -3.51. The zero-order valence-electron chi connectivity index (χ0n) is 14.8. The van der Waals surface area contributed by atoms with E-state index in [0.717, 1.165) is 10.9 Å². The van der Waals surface area contributed by atoms with Gasteiger partial charge in [-0.2, -0.15) is 0 Å². The van der Waals surface area contributed by atoms with E-state index < -0.39 is 5.91 Å². The van der Waals surface area contributed by atoms with Gasteiger partial charge in [-0.25, -0.2) is 0 Å². The number of rotatable bonds is 4. The molecule has 2 heterocycles. The molecule has 0 bridgehead atoms. The number of fused-ring (bicyclic) bond motifs is 1. The van der Waals surface area contributed by atoms with Crippen molar-refractivity contribution in [3.8, 4) is 0 Å². The molecule has 2 aromatic heterocycles. The first-order valence-corrected chi connectivity index (χ1v) is 8.84. The van der Waals surface area contributed by atoms with Gasteiger partial charge in [0, 0.05) is 16.6 Å². The Morgan fingerprint density at radius 3 is 2.54 bits per heavy atom. The van der Waals surface area contributed by atoms with Gasteiger partial charge in [0.25, 0.3) is 11.8 Å². The number of hydrogen-bond acceptors (Lipinski definition) is 4.